The lowest BCUT2D eigenvalue weighted by molar-refractivity contribution is -0.152. The van der Waals surface area contributed by atoms with Crippen LogP contribution in [0.2, 0.25) is 0 Å². The Labute approximate surface area is 163 Å². The molecule has 1 aliphatic rings. The number of ether oxygens (including phenoxy) is 3. The minimum Gasteiger partial charge on any atom is -0.487 e. The lowest BCUT2D eigenvalue weighted by Crippen LogP contribution is -2.30. The summed E-state index contributed by atoms with van der Waals surface area (Å²) in [4.78, 5) is 25.6. The first-order valence-corrected chi connectivity index (χ1v) is 8.97. The molecule has 1 heterocycles. The Bertz CT molecular complexity index is 834. The largest absolute Gasteiger partial charge is 0.487 e. The highest BCUT2D eigenvalue weighted by molar-refractivity contribution is 6.28. The van der Waals surface area contributed by atoms with Crippen molar-refractivity contribution >= 4 is 17.5 Å². The van der Waals surface area contributed by atoms with Crippen LogP contribution in [-0.4, -0.2) is 37.9 Å². The van der Waals surface area contributed by atoms with Gasteiger partial charge in [0.25, 0.3) is 5.91 Å². The Kier molecular flexibility index (Phi) is 7.26. The molecular weight excluding hydrogens is 367 g/mol. The van der Waals surface area contributed by atoms with E-state index in [4.69, 9.17) is 14.2 Å². The summed E-state index contributed by atoms with van der Waals surface area (Å²) in [5.74, 6) is -1.92. The predicted octanol–water partition coefficient (Wildman–Crippen LogP) is 3.07. The molecule has 2 amide bonds. The van der Waals surface area contributed by atoms with Gasteiger partial charge in [0.2, 0.25) is 5.91 Å². The molecule has 0 atom stereocenters. The number of rotatable bonds is 8. The van der Waals surface area contributed by atoms with Crippen LogP contribution in [0.25, 0.3) is 0 Å². The van der Waals surface area contributed by atoms with Gasteiger partial charge in [0, 0.05) is 24.9 Å². The summed E-state index contributed by atoms with van der Waals surface area (Å²) in [6.45, 7) is 7.79. The lowest BCUT2D eigenvalue weighted by Gasteiger charge is -2.20. The number of amides is 2. The summed E-state index contributed by atoms with van der Waals surface area (Å²) in [6.07, 6.45) is -0.754. The Morgan fingerprint density at radius 1 is 1.25 bits per heavy atom. The van der Waals surface area contributed by atoms with Gasteiger partial charge < -0.3 is 14.2 Å². The Morgan fingerprint density at radius 3 is 2.39 bits per heavy atom. The smallest absolute Gasteiger partial charge is 0.261 e. The van der Waals surface area contributed by atoms with Crippen molar-refractivity contribution < 1.29 is 28.2 Å². The number of benzene rings is 1. The standard InChI is InChI=1S/C20H23FN2O5/c1-5-26-19(27-6-2)11-28-17-9-16(15(21)7-13(17)10-22)23-18(24)8-14(12(3)4)20(23)25/h7,9,19H,5-6,8,11H2,1-4H3. The molecule has 2 rings (SSSR count). The number of carbonyl (C=O) groups excluding carboxylic acids is 2. The zero-order chi connectivity index (χ0) is 20.8. The van der Waals surface area contributed by atoms with E-state index in [1.807, 2.05) is 6.07 Å². The van der Waals surface area contributed by atoms with Gasteiger partial charge >= 0.3 is 0 Å². The summed E-state index contributed by atoms with van der Waals surface area (Å²) < 4.78 is 30.9. The first-order valence-electron chi connectivity index (χ1n) is 8.97. The maximum absolute atomic E-state index is 14.6. The van der Waals surface area contributed by atoms with Gasteiger partial charge in [-0.1, -0.05) is 5.57 Å². The second-order valence-corrected chi connectivity index (χ2v) is 6.25. The number of hydrogen-bond acceptors (Lipinski definition) is 6. The van der Waals surface area contributed by atoms with Crippen LogP contribution in [0.5, 0.6) is 5.75 Å². The first kappa shape index (κ1) is 21.5. The third kappa shape index (κ3) is 4.55. The van der Waals surface area contributed by atoms with Crippen LogP contribution in [0.4, 0.5) is 10.1 Å². The van der Waals surface area contributed by atoms with Crippen molar-refractivity contribution in [3.63, 3.8) is 0 Å². The Balaban J connectivity index is 2.37. The van der Waals surface area contributed by atoms with Crippen LogP contribution in [0.3, 0.4) is 0 Å². The number of allylic oxidation sites excluding steroid dienone is 1. The summed E-state index contributed by atoms with van der Waals surface area (Å²) in [6, 6.07) is 3.98. The number of hydrogen-bond donors (Lipinski definition) is 0. The molecule has 150 valence electrons. The molecule has 0 radical (unpaired) electrons. The van der Waals surface area contributed by atoms with Crippen LogP contribution < -0.4 is 9.64 Å². The van der Waals surface area contributed by atoms with Gasteiger partial charge in [-0.3, -0.25) is 9.59 Å². The van der Waals surface area contributed by atoms with E-state index in [-0.39, 0.29) is 30.0 Å². The molecule has 1 aromatic carbocycles. The average Bonchev–Trinajstić information content (AvgIpc) is 2.95. The number of anilines is 1. The van der Waals surface area contributed by atoms with Crippen LogP contribution in [0, 0.1) is 17.1 Å². The fourth-order valence-corrected chi connectivity index (χ4v) is 2.78. The maximum atomic E-state index is 14.6. The van der Waals surface area contributed by atoms with Gasteiger partial charge in [-0.15, -0.1) is 0 Å². The molecule has 8 heteroatoms. The minimum atomic E-state index is -0.855. The molecule has 0 N–H and O–H groups in total. The molecule has 1 fully saturated rings. The van der Waals surface area contributed by atoms with Gasteiger partial charge in [-0.25, -0.2) is 9.29 Å². The van der Waals surface area contributed by atoms with Crippen molar-refractivity contribution in [2.24, 2.45) is 0 Å². The summed E-state index contributed by atoms with van der Waals surface area (Å²) >= 11 is 0. The van der Waals surface area contributed by atoms with E-state index >= 15 is 0 Å². The molecular formula is C20H23FN2O5. The lowest BCUT2D eigenvalue weighted by atomic mass is 10.1. The second kappa shape index (κ2) is 9.44. The topological polar surface area (TPSA) is 88.9 Å². The quantitative estimate of drug-likeness (QED) is 0.385. The van der Waals surface area contributed by atoms with Crippen LogP contribution in [0.15, 0.2) is 23.3 Å². The second-order valence-electron chi connectivity index (χ2n) is 6.25. The minimum absolute atomic E-state index is 0.0366. The Morgan fingerprint density at radius 2 is 1.89 bits per heavy atom. The predicted molar refractivity (Wildman–Crippen MR) is 99.1 cm³/mol. The number of carbonyl (C=O) groups is 2. The van der Waals surface area contributed by atoms with Crippen LogP contribution in [0.1, 0.15) is 39.7 Å². The molecule has 0 bridgehead atoms. The molecule has 1 aromatic rings. The molecule has 0 spiro atoms. The van der Waals surface area contributed by atoms with Gasteiger partial charge in [0.1, 0.15) is 24.2 Å². The normalized spacial score (nSPS) is 14.0. The molecule has 28 heavy (non-hydrogen) atoms. The van der Waals surface area contributed by atoms with E-state index in [9.17, 15) is 19.2 Å². The molecule has 0 aromatic heterocycles. The van der Waals surface area contributed by atoms with Crippen molar-refractivity contribution in [3.05, 3.63) is 34.7 Å². The van der Waals surface area contributed by atoms with Gasteiger partial charge in [-0.05, 0) is 33.8 Å². The highest BCUT2D eigenvalue weighted by atomic mass is 19.1. The Hall–Kier alpha value is -2.76. The molecule has 0 saturated carbocycles. The fraction of sp³-hybridized carbons (Fsp3) is 0.450. The fourth-order valence-electron chi connectivity index (χ4n) is 2.78. The van der Waals surface area contributed by atoms with E-state index in [0.717, 1.165) is 11.0 Å². The molecule has 1 aliphatic heterocycles. The van der Waals surface area contributed by atoms with Gasteiger partial charge in [0.05, 0.1) is 17.7 Å². The molecule has 0 unspecified atom stereocenters. The first-order chi connectivity index (χ1) is 13.3. The highest BCUT2D eigenvalue weighted by Gasteiger charge is 2.37. The maximum Gasteiger partial charge on any atom is 0.261 e. The summed E-state index contributed by atoms with van der Waals surface area (Å²) in [5, 5.41) is 9.28. The van der Waals surface area contributed by atoms with E-state index in [1.165, 1.54) is 6.07 Å². The van der Waals surface area contributed by atoms with Crippen molar-refractivity contribution in [3.8, 4) is 11.8 Å². The van der Waals surface area contributed by atoms with Crippen LogP contribution >= 0.6 is 0 Å². The summed E-state index contributed by atoms with van der Waals surface area (Å²) in [7, 11) is 0. The highest BCUT2D eigenvalue weighted by Crippen LogP contribution is 2.34. The van der Waals surface area contributed by atoms with Crippen molar-refractivity contribution in [1.29, 1.82) is 5.26 Å². The van der Waals surface area contributed by atoms with Crippen molar-refractivity contribution in [2.75, 3.05) is 24.7 Å². The van der Waals surface area contributed by atoms with Crippen molar-refractivity contribution in [1.82, 2.24) is 0 Å². The van der Waals surface area contributed by atoms with E-state index in [1.54, 1.807) is 27.7 Å². The molecule has 1 saturated heterocycles. The van der Waals surface area contributed by atoms with E-state index < -0.39 is 23.9 Å². The molecule has 7 nitrogen and oxygen atoms in total. The zero-order valence-electron chi connectivity index (χ0n) is 16.4. The van der Waals surface area contributed by atoms with E-state index in [2.05, 4.69) is 0 Å². The number of imide groups is 1. The SMILES string of the molecule is CCOC(COc1cc(N2C(=O)CC(=C(C)C)C2=O)c(F)cc1C#N)OCC. The number of halogens is 1. The van der Waals surface area contributed by atoms with E-state index in [0.29, 0.717) is 24.4 Å². The number of nitrogens with zero attached hydrogens (tertiary/aromatic N) is 2. The van der Waals surface area contributed by atoms with Crippen LogP contribution in [-0.2, 0) is 19.1 Å². The zero-order valence-corrected chi connectivity index (χ0v) is 16.4. The van der Waals surface area contributed by atoms with Gasteiger partial charge in [-0.2, -0.15) is 5.26 Å². The average molecular weight is 390 g/mol. The third-order valence-corrected chi connectivity index (χ3v) is 4.13. The summed E-state index contributed by atoms with van der Waals surface area (Å²) in [5.41, 5.74) is 0.728. The third-order valence-electron chi connectivity index (χ3n) is 4.13. The molecule has 0 aliphatic carbocycles. The monoisotopic (exact) mass is 390 g/mol. The van der Waals surface area contributed by atoms with Gasteiger partial charge in [0.15, 0.2) is 6.29 Å². The van der Waals surface area contributed by atoms with Crippen molar-refractivity contribution in [2.45, 2.75) is 40.4 Å². The number of nitriles is 1.